The van der Waals surface area contributed by atoms with Gasteiger partial charge in [0.15, 0.2) is 0 Å². The first-order chi connectivity index (χ1) is 11.6. The molecular weight excluding hydrogens is 333 g/mol. The van der Waals surface area contributed by atoms with E-state index in [0.29, 0.717) is 16.9 Å². The first-order valence-electron chi connectivity index (χ1n) is 7.55. The van der Waals surface area contributed by atoms with E-state index in [0.717, 1.165) is 12.2 Å². The normalized spacial score (nSPS) is 26.0. The van der Waals surface area contributed by atoms with Gasteiger partial charge in [0, 0.05) is 17.5 Å². The van der Waals surface area contributed by atoms with Crippen molar-refractivity contribution >= 4 is 5.91 Å². The highest BCUT2D eigenvalue weighted by Crippen LogP contribution is 2.39. The van der Waals surface area contributed by atoms with Gasteiger partial charge in [-0.2, -0.15) is 13.2 Å². The number of halogens is 3. The number of amides is 1. The summed E-state index contributed by atoms with van der Waals surface area (Å²) in [5.41, 5.74) is -0.986. The van der Waals surface area contributed by atoms with Gasteiger partial charge in [-0.3, -0.25) is 9.78 Å². The fourth-order valence-electron chi connectivity index (χ4n) is 2.65. The van der Waals surface area contributed by atoms with E-state index in [2.05, 4.69) is 10.3 Å². The molecule has 1 aromatic heterocycles. The summed E-state index contributed by atoms with van der Waals surface area (Å²) in [4.78, 5) is 16.9. The molecule has 4 nitrogen and oxygen atoms in total. The summed E-state index contributed by atoms with van der Waals surface area (Å²) in [5, 5.41) is 2.56. The summed E-state index contributed by atoms with van der Waals surface area (Å²) >= 11 is 0. The Labute approximate surface area is 144 Å². The molecule has 0 fully saturated rings. The maximum absolute atomic E-state index is 13.1. The minimum absolute atomic E-state index is 0.107. The molecule has 7 heteroatoms. The second-order valence-electron chi connectivity index (χ2n) is 5.95. The van der Waals surface area contributed by atoms with Gasteiger partial charge < -0.3 is 10.1 Å². The lowest BCUT2D eigenvalue weighted by molar-refractivity contribution is -0.124. The van der Waals surface area contributed by atoms with Crippen LogP contribution in [0.5, 0.6) is 5.75 Å². The summed E-state index contributed by atoms with van der Waals surface area (Å²) in [6.07, 6.45) is 1.67. The number of methoxy groups -OCH3 is 1. The molecule has 1 unspecified atom stereocenters. The third-order valence-corrected chi connectivity index (χ3v) is 4.31. The van der Waals surface area contributed by atoms with Crippen molar-refractivity contribution in [1.82, 2.24) is 10.3 Å². The number of hydrogen-bond acceptors (Lipinski definition) is 3. The van der Waals surface area contributed by atoms with E-state index < -0.39 is 23.1 Å². The zero-order valence-corrected chi connectivity index (χ0v) is 14.4. The van der Waals surface area contributed by atoms with Gasteiger partial charge in [-0.05, 0) is 39.0 Å². The number of pyridine rings is 1. The molecule has 2 heterocycles. The van der Waals surface area contributed by atoms with Crippen LogP contribution in [0.25, 0.3) is 0 Å². The highest BCUT2D eigenvalue weighted by atomic mass is 19.4. The lowest BCUT2D eigenvalue weighted by atomic mass is 9.75. The van der Waals surface area contributed by atoms with Crippen molar-refractivity contribution in [2.75, 3.05) is 7.11 Å². The van der Waals surface area contributed by atoms with Crippen LogP contribution in [0.1, 0.15) is 26.3 Å². The van der Waals surface area contributed by atoms with Crippen LogP contribution < -0.4 is 10.1 Å². The van der Waals surface area contributed by atoms with Crippen LogP contribution >= 0.6 is 0 Å². The number of nitrogens with one attached hydrogen (secondary N) is 1. The quantitative estimate of drug-likeness (QED) is 0.880. The van der Waals surface area contributed by atoms with Crippen LogP contribution in [0.2, 0.25) is 0 Å². The summed E-state index contributed by atoms with van der Waals surface area (Å²) in [6, 6.07) is 1.63. The minimum atomic E-state index is -4.52. The van der Waals surface area contributed by atoms with Gasteiger partial charge in [-0.15, -0.1) is 0 Å². The maximum atomic E-state index is 13.1. The standard InChI is InChI=1S/C18H19F3N2O2/c1-11-5-6-13(18(19,20)21)9-12(2)23-16(24)17(11,3)14-7-8-22-10-15(14)25-4/h5-10H,1-4H3,(H,23,24)/b11-5?,12-9+,13-6+. The van der Waals surface area contributed by atoms with Crippen molar-refractivity contribution in [3.05, 3.63) is 59.1 Å². The van der Waals surface area contributed by atoms with Gasteiger partial charge in [-0.25, -0.2) is 0 Å². The highest BCUT2D eigenvalue weighted by molar-refractivity contribution is 5.93. The monoisotopic (exact) mass is 352 g/mol. The molecule has 0 saturated carbocycles. The van der Waals surface area contributed by atoms with Crippen LogP contribution in [0.3, 0.4) is 0 Å². The van der Waals surface area contributed by atoms with Gasteiger partial charge in [0.25, 0.3) is 0 Å². The van der Waals surface area contributed by atoms with Crippen LogP contribution in [0, 0.1) is 0 Å². The number of alkyl halides is 3. The van der Waals surface area contributed by atoms with Gasteiger partial charge in [0.05, 0.1) is 24.3 Å². The summed E-state index contributed by atoms with van der Waals surface area (Å²) in [6.45, 7) is 4.68. The molecule has 25 heavy (non-hydrogen) atoms. The van der Waals surface area contributed by atoms with Gasteiger partial charge in [-0.1, -0.05) is 11.6 Å². The lowest BCUT2D eigenvalue weighted by Crippen LogP contribution is -2.42. The number of rotatable bonds is 2. The van der Waals surface area contributed by atoms with E-state index in [9.17, 15) is 18.0 Å². The zero-order chi connectivity index (χ0) is 18.8. The number of allylic oxidation sites excluding steroid dienone is 5. The van der Waals surface area contributed by atoms with Crippen molar-refractivity contribution in [3.8, 4) is 5.75 Å². The summed E-state index contributed by atoms with van der Waals surface area (Å²) in [5.74, 6) is -0.0647. The molecule has 0 spiro atoms. The Balaban J connectivity index is 2.70. The fraction of sp³-hybridized carbons (Fsp3) is 0.333. The molecule has 1 amide bonds. The molecule has 0 saturated heterocycles. The fourth-order valence-corrected chi connectivity index (χ4v) is 2.65. The molecular formula is C18H19F3N2O2. The number of aromatic nitrogens is 1. The molecule has 0 aromatic carbocycles. The Hall–Kier alpha value is -2.57. The smallest absolute Gasteiger partial charge is 0.416 e. The van der Waals surface area contributed by atoms with Crippen molar-refractivity contribution in [1.29, 1.82) is 0 Å². The molecule has 134 valence electrons. The second kappa shape index (κ2) is 6.74. The van der Waals surface area contributed by atoms with Gasteiger partial charge in [0.1, 0.15) is 5.75 Å². The first kappa shape index (κ1) is 18.8. The van der Waals surface area contributed by atoms with E-state index >= 15 is 0 Å². The van der Waals surface area contributed by atoms with E-state index in [1.807, 2.05) is 0 Å². The summed E-state index contributed by atoms with van der Waals surface area (Å²) < 4.78 is 44.7. The molecule has 1 atom stereocenters. The number of ether oxygens (including phenoxy) is 1. The number of carbonyl (C=O) groups is 1. The minimum Gasteiger partial charge on any atom is -0.495 e. The predicted molar refractivity (Wildman–Crippen MR) is 87.9 cm³/mol. The SMILES string of the molecule is COc1cnccc1C1(C)C(=O)N/C(C)=C/C(C(F)(F)F)=C\C=C1C. The molecule has 0 aliphatic carbocycles. The van der Waals surface area contributed by atoms with Gasteiger partial charge in [0.2, 0.25) is 5.91 Å². The topological polar surface area (TPSA) is 51.2 Å². The van der Waals surface area contributed by atoms with Gasteiger partial charge >= 0.3 is 6.18 Å². The van der Waals surface area contributed by atoms with Crippen molar-refractivity contribution in [3.63, 3.8) is 0 Å². The van der Waals surface area contributed by atoms with Crippen molar-refractivity contribution < 1.29 is 22.7 Å². The Morgan fingerprint density at radius 3 is 2.52 bits per heavy atom. The average molecular weight is 352 g/mol. The molecule has 1 aliphatic rings. The van der Waals surface area contributed by atoms with Crippen molar-refractivity contribution in [2.24, 2.45) is 0 Å². The molecule has 2 rings (SSSR count). The van der Waals surface area contributed by atoms with Crippen LogP contribution in [0.4, 0.5) is 13.2 Å². The first-order valence-corrected chi connectivity index (χ1v) is 7.55. The Morgan fingerprint density at radius 2 is 1.92 bits per heavy atom. The average Bonchev–Trinajstić information content (AvgIpc) is 2.59. The lowest BCUT2D eigenvalue weighted by Gasteiger charge is -2.31. The highest BCUT2D eigenvalue weighted by Gasteiger charge is 2.40. The molecule has 1 aliphatic heterocycles. The Morgan fingerprint density at radius 1 is 1.24 bits per heavy atom. The zero-order valence-electron chi connectivity index (χ0n) is 14.4. The molecule has 1 aromatic rings. The maximum Gasteiger partial charge on any atom is 0.416 e. The number of carbonyl (C=O) groups excluding carboxylic acids is 1. The van der Waals surface area contributed by atoms with E-state index in [1.54, 1.807) is 19.9 Å². The van der Waals surface area contributed by atoms with Crippen molar-refractivity contribution in [2.45, 2.75) is 32.4 Å². The summed E-state index contributed by atoms with van der Waals surface area (Å²) in [7, 11) is 1.45. The molecule has 0 radical (unpaired) electrons. The Bertz CT molecular complexity index is 779. The van der Waals surface area contributed by atoms with E-state index in [1.165, 1.54) is 32.5 Å². The third-order valence-electron chi connectivity index (χ3n) is 4.31. The molecule has 1 N–H and O–H groups in total. The predicted octanol–water partition coefficient (Wildman–Crippen LogP) is 3.82. The van der Waals surface area contributed by atoms with Crippen LogP contribution in [-0.4, -0.2) is 24.2 Å². The van der Waals surface area contributed by atoms with E-state index in [4.69, 9.17) is 4.74 Å². The van der Waals surface area contributed by atoms with Crippen LogP contribution in [0.15, 0.2) is 53.5 Å². The molecule has 0 bridgehead atoms. The van der Waals surface area contributed by atoms with E-state index in [-0.39, 0.29) is 5.70 Å². The number of nitrogens with zero attached hydrogens (tertiary/aromatic N) is 1. The number of hydrogen-bond donors (Lipinski definition) is 1. The largest absolute Gasteiger partial charge is 0.495 e. The second-order valence-corrected chi connectivity index (χ2v) is 5.95. The van der Waals surface area contributed by atoms with Crippen LogP contribution in [-0.2, 0) is 10.2 Å². The third kappa shape index (κ3) is 3.60. The Kier molecular flexibility index (Phi) is 5.06.